The Bertz CT molecular complexity index is 1410. The third kappa shape index (κ3) is 4.22. The fourth-order valence-electron chi connectivity index (χ4n) is 4.70. The normalized spacial score (nSPS) is 26.1. The van der Waals surface area contributed by atoms with E-state index in [0.29, 0.717) is 6.20 Å². The highest BCUT2D eigenvalue weighted by Gasteiger charge is 2.60. The minimum atomic E-state index is -4.62. The number of anilines is 1. The maximum Gasteiger partial charge on any atom is 0.417 e. The Morgan fingerprint density at radius 1 is 1.27 bits per heavy atom. The molecule has 1 amide bonds. The Morgan fingerprint density at radius 3 is 2.54 bits per heavy atom. The van der Waals surface area contributed by atoms with Crippen LogP contribution in [0, 0.1) is 6.92 Å². The van der Waals surface area contributed by atoms with Crippen molar-refractivity contribution < 1.29 is 35.5 Å². The molecule has 1 aromatic heterocycles. The molecule has 0 unspecified atom stereocenters. The van der Waals surface area contributed by atoms with E-state index in [1.54, 1.807) is 6.92 Å². The number of amidine groups is 1. The Morgan fingerprint density at radius 2 is 1.95 bits per heavy atom. The van der Waals surface area contributed by atoms with Gasteiger partial charge in [0, 0.05) is 23.9 Å². The third-order valence-corrected chi connectivity index (χ3v) is 9.92. The lowest BCUT2D eigenvalue weighted by atomic mass is 9.85. The van der Waals surface area contributed by atoms with Gasteiger partial charge in [0.2, 0.25) is 0 Å². The lowest BCUT2D eigenvalue weighted by molar-refractivity contribution is -0.137. The molecule has 0 saturated carbocycles. The Labute approximate surface area is 211 Å². The second kappa shape index (κ2) is 8.67. The molecule has 0 radical (unpaired) electrons. The number of hydrogen-bond donors (Lipinski definition) is 2. The summed E-state index contributed by atoms with van der Waals surface area (Å²) in [6, 6.07) is 5.06. The first-order chi connectivity index (χ1) is 17.0. The zero-order chi connectivity index (χ0) is 27.6. The summed E-state index contributed by atoms with van der Waals surface area (Å²) >= 11 is 0. The van der Waals surface area contributed by atoms with Gasteiger partial charge in [-0.1, -0.05) is 0 Å². The monoisotopic (exact) mass is 542 g/mol. The maximum absolute atomic E-state index is 14.9. The highest BCUT2D eigenvalue weighted by molar-refractivity contribution is 7.94. The number of aryl methyl sites for hydroxylation is 1. The van der Waals surface area contributed by atoms with Gasteiger partial charge in [-0.2, -0.15) is 13.2 Å². The van der Waals surface area contributed by atoms with Crippen LogP contribution in [0.1, 0.15) is 54.4 Å². The highest BCUT2D eigenvalue weighted by atomic mass is 32.2. The van der Waals surface area contributed by atoms with E-state index < -0.39 is 55.8 Å². The molecule has 1 aromatic carbocycles. The van der Waals surface area contributed by atoms with E-state index in [1.807, 2.05) is 0 Å². The summed E-state index contributed by atoms with van der Waals surface area (Å²) in [5, 5.41) is 1.24. The van der Waals surface area contributed by atoms with Gasteiger partial charge in [-0.15, -0.1) is 0 Å². The molecule has 3 heterocycles. The fraction of sp³-hybridized carbons (Fsp3) is 0.458. The molecule has 37 heavy (non-hydrogen) atoms. The number of pyridine rings is 1. The number of alkyl halides is 4. The summed E-state index contributed by atoms with van der Waals surface area (Å²) in [6.45, 7) is 4.61. The summed E-state index contributed by atoms with van der Waals surface area (Å²) in [5.41, 5.74) is 3.11. The molecule has 13 heteroatoms. The Hall–Kier alpha value is -3.22. The van der Waals surface area contributed by atoms with E-state index in [0.717, 1.165) is 6.07 Å². The molecule has 3 N–H and O–H groups in total. The van der Waals surface area contributed by atoms with Gasteiger partial charge < -0.3 is 15.8 Å². The van der Waals surface area contributed by atoms with Crippen molar-refractivity contribution >= 4 is 27.3 Å². The van der Waals surface area contributed by atoms with Crippen molar-refractivity contribution in [2.75, 3.05) is 12.0 Å². The largest absolute Gasteiger partial charge is 0.490 e. The van der Waals surface area contributed by atoms with E-state index in [-0.39, 0.29) is 40.5 Å². The molecular weight excluding hydrogens is 516 g/mol. The van der Waals surface area contributed by atoms with Crippen LogP contribution in [0.2, 0.25) is 0 Å². The van der Waals surface area contributed by atoms with Crippen LogP contribution in [0.3, 0.4) is 0 Å². The number of nitrogens with zero attached hydrogens (tertiary/aromatic N) is 2. The van der Waals surface area contributed by atoms with Crippen LogP contribution in [-0.4, -0.2) is 47.9 Å². The number of amides is 1. The van der Waals surface area contributed by atoms with Gasteiger partial charge in [0.15, 0.2) is 9.84 Å². The molecule has 4 rings (SSSR count). The van der Waals surface area contributed by atoms with Crippen LogP contribution in [0.15, 0.2) is 35.5 Å². The van der Waals surface area contributed by atoms with E-state index in [1.165, 1.54) is 39.0 Å². The lowest BCUT2D eigenvalue weighted by Crippen LogP contribution is -2.61. The minimum absolute atomic E-state index is 0.00230. The maximum atomic E-state index is 14.9. The average molecular weight is 543 g/mol. The number of aromatic nitrogens is 1. The molecule has 0 bridgehead atoms. The molecule has 0 spiro atoms. The van der Waals surface area contributed by atoms with Gasteiger partial charge in [-0.25, -0.2) is 12.8 Å². The fourth-order valence-corrected chi connectivity index (χ4v) is 7.02. The van der Waals surface area contributed by atoms with Crippen molar-refractivity contribution in [1.29, 1.82) is 0 Å². The molecule has 200 valence electrons. The quantitative estimate of drug-likeness (QED) is 0.567. The number of sulfone groups is 1. The third-order valence-electron chi connectivity index (χ3n) is 6.96. The zero-order valence-electron chi connectivity index (χ0n) is 20.5. The molecule has 2 aromatic rings. The van der Waals surface area contributed by atoms with E-state index in [4.69, 9.17) is 10.5 Å². The average Bonchev–Trinajstić information content (AvgIpc) is 2.92. The number of carbonyl (C=O) groups excluding carboxylic acids is 1. The summed E-state index contributed by atoms with van der Waals surface area (Å²) < 4.78 is 85.4. The molecule has 3 atom stereocenters. The van der Waals surface area contributed by atoms with Crippen molar-refractivity contribution in [3.05, 3.63) is 52.8 Å². The number of hydrogen-bond acceptors (Lipinski definition) is 7. The summed E-state index contributed by atoms with van der Waals surface area (Å²) in [5.74, 6) is -0.873. The summed E-state index contributed by atoms with van der Waals surface area (Å²) in [7, 11) is -4.05. The number of carbonyl (C=O) groups is 1. The predicted octanol–water partition coefficient (Wildman–Crippen LogP) is 3.93. The zero-order valence-corrected chi connectivity index (χ0v) is 21.3. The van der Waals surface area contributed by atoms with Gasteiger partial charge in [0.05, 0.1) is 16.9 Å². The Balaban J connectivity index is 1.80. The van der Waals surface area contributed by atoms with Gasteiger partial charge in [0.25, 0.3) is 5.91 Å². The predicted molar refractivity (Wildman–Crippen MR) is 129 cm³/mol. The molecule has 8 nitrogen and oxygen atoms in total. The van der Waals surface area contributed by atoms with Gasteiger partial charge >= 0.3 is 6.18 Å². The van der Waals surface area contributed by atoms with Gasteiger partial charge in [0.1, 0.15) is 34.2 Å². The molecular formula is C24H26F4N4O4S. The minimum Gasteiger partial charge on any atom is -0.490 e. The number of halogens is 4. The number of nitrogens with two attached hydrogens (primary N) is 1. The standard InChI is InChI=1S/C24H26F4N4O4S/c1-12-7-14(24(26,27)28)10-30-19(12)20(33)31-15-5-6-17-16(9-15)23(11-25)18(8-13(2)36-17)37(34,35)22(3,4)21(29)32-23/h5-7,9-10,13,18H,8,11H2,1-4H3,(H2,29,32)(H,31,33)/t13-,18+,23+/m0/s1. The second-order valence-corrected chi connectivity index (χ2v) is 12.5. The highest BCUT2D eigenvalue weighted by Crippen LogP contribution is 2.50. The van der Waals surface area contributed by atoms with Crippen molar-refractivity contribution in [2.24, 2.45) is 10.7 Å². The topological polar surface area (TPSA) is 124 Å². The molecule has 0 fully saturated rings. The Kier molecular flexibility index (Phi) is 6.29. The number of rotatable bonds is 3. The van der Waals surface area contributed by atoms with Crippen LogP contribution in [0.25, 0.3) is 0 Å². The molecule has 0 aliphatic carbocycles. The molecule has 0 saturated heterocycles. The van der Waals surface area contributed by atoms with E-state index in [9.17, 15) is 30.8 Å². The summed E-state index contributed by atoms with van der Waals surface area (Å²) in [6.07, 6.45) is -4.70. The number of aliphatic imine (C=N–C) groups is 1. The van der Waals surface area contributed by atoms with Crippen LogP contribution < -0.4 is 15.8 Å². The SMILES string of the molecule is Cc1cc(C(F)(F)F)cnc1C(=O)Nc1ccc2c(c1)[C@@]1(CF)N=C(N)C(C)(C)S(=O)(=O)[C@@H]1C[C@H](C)O2. The van der Waals surface area contributed by atoms with Crippen molar-refractivity contribution in [2.45, 2.75) is 61.9 Å². The molecule has 2 aliphatic rings. The van der Waals surface area contributed by atoms with E-state index in [2.05, 4.69) is 15.3 Å². The first kappa shape index (κ1) is 26.8. The smallest absolute Gasteiger partial charge is 0.417 e. The number of ether oxygens (including phenoxy) is 1. The first-order valence-corrected chi connectivity index (χ1v) is 12.9. The van der Waals surface area contributed by atoms with E-state index >= 15 is 0 Å². The van der Waals surface area contributed by atoms with Crippen molar-refractivity contribution in [3.8, 4) is 5.75 Å². The van der Waals surface area contributed by atoms with Crippen LogP contribution in [-0.2, 0) is 21.6 Å². The first-order valence-electron chi connectivity index (χ1n) is 11.4. The molecule has 2 aliphatic heterocycles. The van der Waals surface area contributed by atoms with Crippen molar-refractivity contribution in [3.63, 3.8) is 0 Å². The van der Waals surface area contributed by atoms with Gasteiger partial charge in [-0.05, 0) is 57.5 Å². The van der Waals surface area contributed by atoms with Gasteiger partial charge in [-0.3, -0.25) is 14.8 Å². The summed E-state index contributed by atoms with van der Waals surface area (Å²) in [4.78, 5) is 20.9. The number of nitrogens with one attached hydrogen (secondary N) is 1. The van der Waals surface area contributed by atoms with Crippen LogP contribution >= 0.6 is 0 Å². The lowest BCUT2D eigenvalue weighted by Gasteiger charge is -2.43. The second-order valence-electron chi connectivity index (χ2n) is 9.82. The van der Waals surface area contributed by atoms with Crippen LogP contribution in [0.5, 0.6) is 5.75 Å². The number of benzene rings is 1. The van der Waals surface area contributed by atoms with Crippen molar-refractivity contribution in [1.82, 2.24) is 4.98 Å². The van der Waals surface area contributed by atoms with Crippen LogP contribution in [0.4, 0.5) is 23.2 Å². The number of fused-ring (bicyclic) bond motifs is 3.